The summed E-state index contributed by atoms with van der Waals surface area (Å²) >= 11 is 0. The molecule has 28 heavy (non-hydrogen) atoms. The van der Waals surface area contributed by atoms with E-state index >= 15 is 0 Å². The van der Waals surface area contributed by atoms with E-state index < -0.39 is 5.79 Å². The molecule has 2 aromatic rings. The van der Waals surface area contributed by atoms with E-state index in [4.69, 9.17) is 18.9 Å². The molecule has 0 atom stereocenters. The molecular weight excluding hydrogens is 360 g/mol. The van der Waals surface area contributed by atoms with Gasteiger partial charge in [0.15, 0.2) is 23.0 Å². The average Bonchev–Trinajstić information content (AvgIpc) is 3.31. The van der Waals surface area contributed by atoms with Gasteiger partial charge in [-0.15, -0.1) is 0 Å². The number of fused-ring (bicyclic) bond motifs is 1. The first-order chi connectivity index (χ1) is 13.6. The highest BCUT2D eigenvalue weighted by atomic mass is 16.7. The molecule has 0 bridgehead atoms. The minimum Gasteiger partial charge on any atom is -0.493 e. The minimum atomic E-state index is -0.508. The Morgan fingerprint density at radius 3 is 2.61 bits per heavy atom. The number of ether oxygens (including phenoxy) is 4. The largest absolute Gasteiger partial charge is 0.493 e. The predicted molar refractivity (Wildman–Crippen MR) is 104 cm³/mol. The minimum absolute atomic E-state index is 0.305. The SMILES string of the molecule is COc1cccc(CNC(=O)Nc2ccc3c(c2)OC2(CCCC2)O3)c1OC. The van der Waals surface area contributed by atoms with Crippen LogP contribution in [0.4, 0.5) is 10.5 Å². The van der Waals surface area contributed by atoms with Gasteiger partial charge in [-0.1, -0.05) is 12.1 Å². The Morgan fingerprint density at radius 1 is 1.07 bits per heavy atom. The second kappa shape index (κ2) is 7.50. The number of carbonyl (C=O) groups excluding carboxylic acids is 1. The third-order valence-corrected chi connectivity index (χ3v) is 5.08. The van der Waals surface area contributed by atoms with Crippen LogP contribution >= 0.6 is 0 Å². The molecule has 7 heteroatoms. The van der Waals surface area contributed by atoms with Crippen LogP contribution in [-0.2, 0) is 6.54 Å². The number of nitrogens with one attached hydrogen (secondary N) is 2. The Morgan fingerprint density at radius 2 is 1.86 bits per heavy atom. The van der Waals surface area contributed by atoms with Crippen molar-refractivity contribution >= 4 is 11.7 Å². The fourth-order valence-corrected chi connectivity index (χ4v) is 3.73. The quantitative estimate of drug-likeness (QED) is 0.813. The molecule has 1 heterocycles. The molecule has 0 radical (unpaired) electrons. The normalized spacial score (nSPS) is 16.1. The van der Waals surface area contributed by atoms with E-state index in [-0.39, 0.29) is 6.03 Å². The maximum Gasteiger partial charge on any atom is 0.319 e. The van der Waals surface area contributed by atoms with Crippen LogP contribution in [-0.4, -0.2) is 26.0 Å². The van der Waals surface area contributed by atoms with Crippen molar-refractivity contribution in [3.8, 4) is 23.0 Å². The summed E-state index contributed by atoms with van der Waals surface area (Å²) in [6.07, 6.45) is 4.01. The van der Waals surface area contributed by atoms with Crippen molar-refractivity contribution in [1.29, 1.82) is 0 Å². The number of methoxy groups -OCH3 is 2. The summed E-state index contributed by atoms with van der Waals surface area (Å²) in [5, 5.41) is 5.66. The molecule has 7 nitrogen and oxygen atoms in total. The first-order valence-electron chi connectivity index (χ1n) is 9.39. The first-order valence-corrected chi connectivity index (χ1v) is 9.39. The molecule has 1 spiro atoms. The van der Waals surface area contributed by atoms with E-state index in [2.05, 4.69) is 10.6 Å². The predicted octanol–water partition coefficient (Wildman–Crippen LogP) is 4.07. The number of benzene rings is 2. The molecule has 0 saturated heterocycles. The molecule has 4 rings (SSSR count). The smallest absolute Gasteiger partial charge is 0.319 e. The highest BCUT2D eigenvalue weighted by molar-refractivity contribution is 5.89. The zero-order valence-electron chi connectivity index (χ0n) is 16.0. The lowest BCUT2D eigenvalue weighted by molar-refractivity contribution is -0.0716. The lowest BCUT2D eigenvalue weighted by atomic mass is 10.2. The van der Waals surface area contributed by atoms with Crippen molar-refractivity contribution in [2.75, 3.05) is 19.5 Å². The van der Waals surface area contributed by atoms with Gasteiger partial charge in [0.25, 0.3) is 5.79 Å². The zero-order chi connectivity index (χ0) is 19.6. The number of urea groups is 1. The van der Waals surface area contributed by atoms with E-state index in [0.717, 1.165) is 37.0 Å². The Bertz CT molecular complexity index is 877. The van der Waals surface area contributed by atoms with Gasteiger partial charge < -0.3 is 29.6 Å². The second-order valence-corrected chi connectivity index (χ2v) is 6.94. The van der Waals surface area contributed by atoms with Crippen LogP contribution in [0.25, 0.3) is 0 Å². The van der Waals surface area contributed by atoms with E-state index in [0.29, 0.717) is 29.5 Å². The van der Waals surface area contributed by atoms with Gasteiger partial charge in [0.05, 0.1) is 14.2 Å². The van der Waals surface area contributed by atoms with Crippen LogP contribution in [0.15, 0.2) is 36.4 Å². The number of amides is 2. The highest BCUT2D eigenvalue weighted by Gasteiger charge is 2.44. The fraction of sp³-hybridized carbons (Fsp3) is 0.381. The van der Waals surface area contributed by atoms with E-state index in [1.807, 2.05) is 30.3 Å². The Labute approximate surface area is 163 Å². The maximum absolute atomic E-state index is 12.3. The molecule has 148 valence electrons. The molecule has 1 aliphatic carbocycles. The number of hydrogen-bond donors (Lipinski definition) is 2. The summed E-state index contributed by atoms with van der Waals surface area (Å²) in [6.45, 7) is 0.305. The van der Waals surface area contributed by atoms with Crippen LogP contribution in [0.3, 0.4) is 0 Å². The third kappa shape index (κ3) is 3.52. The van der Waals surface area contributed by atoms with Crippen molar-refractivity contribution < 1.29 is 23.7 Å². The second-order valence-electron chi connectivity index (χ2n) is 6.94. The molecule has 1 saturated carbocycles. The number of anilines is 1. The van der Waals surface area contributed by atoms with Crippen molar-refractivity contribution in [3.05, 3.63) is 42.0 Å². The van der Waals surface area contributed by atoms with Crippen molar-refractivity contribution in [2.24, 2.45) is 0 Å². The maximum atomic E-state index is 12.3. The van der Waals surface area contributed by atoms with Crippen LogP contribution < -0.4 is 29.6 Å². The van der Waals surface area contributed by atoms with Crippen molar-refractivity contribution in [3.63, 3.8) is 0 Å². The highest BCUT2D eigenvalue weighted by Crippen LogP contribution is 2.47. The number of carbonyl (C=O) groups is 1. The van der Waals surface area contributed by atoms with E-state index in [9.17, 15) is 4.79 Å². The standard InChI is InChI=1S/C21H24N2O5/c1-25-17-7-5-6-14(19(17)26-2)13-22-20(24)23-15-8-9-16-18(12-15)28-21(27-16)10-3-4-11-21/h5-9,12H,3-4,10-11,13H2,1-2H3,(H2,22,23,24). The first kappa shape index (κ1) is 18.3. The van der Waals surface area contributed by atoms with E-state index in [1.165, 1.54) is 0 Å². The van der Waals surface area contributed by atoms with Crippen LogP contribution in [0, 0.1) is 0 Å². The van der Waals surface area contributed by atoms with Gasteiger partial charge in [-0.05, 0) is 31.0 Å². The van der Waals surface area contributed by atoms with Gasteiger partial charge in [0.1, 0.15) is 0 Å². The van der Waals surface area contributed by atoms with Crippen LogP contribution in [0.2, 0.25) is 0 Å². The molecule has 2 N–H and O–H groups in total. The number of para-hydroxylation sites is 1. The molecule has 0 unspecified atom stereocenters. The lowest BCUT2D eigenvalue weighted by Crippen LogP contribution is -2.34. The summed E-state index contributed by atoms with van der Waals surface area (Å²) in [5.41, 5.74) is 1.47. The molecule has 2 aliphatic rings. The van der Waals surface area contributed by atoms with Crippen LogP contribution in [0.5, 0.6) is 23.0 Å². The molecule has 2 aromatic carbocycles. The topological polar surface area (TPSA) is 78.1 Å². The van der Waals surface area contributed by atoms with E-state index in [1.54, 1.807) is 20.3 Å². The Kier molecular flexibility index (Phi) is 4.90. The Balaban J connectivity index is 1.38. The van der Waals surface area contributed by atoms with Gasteiger partial charge in [0, 0.05) is 36.7 Å². The number of hydrogen-bond acceptors (Lipinski definition) is 5. The molecule has 1 fully saturated rings. The fourth-order valence-electron chi connectivity index (χ4n) is 3.73. The number of rotatable bonds is 5. The molecule has 2 amide bonds. The molecule has 1 aliphatic heterocycles. The summed E-state index contributed by atoms with van der Waals surface area (Å²) < 4.78 is 22.7. The van der Waals surface area contributed by atoms with Gasteiger partial charge in [-0.2, -0.15) is 0 Å². The summed E-state index contributed by atoms with van der Waals surface area (Å²) in [6, 6.07) is 10.7. The van der Waals surface area contributed by atoms with Crippen LogP contribution in [0.1, 0.15) is 31.2 Å². The lowest BCUT2D eigenvalue weighted by Gasteiger charge is -2.21. The average molecular weight is 384 g/mol. The van der Waals surface area contributed by atoms with Gasteiger partial charge >= 0.3 is 6.03 Å². The summed E-state index contributed by atoms with van der Waals surface area (Å²) in [4.78, 5) is 12.3. The molecular formula is C21H24N2O5. The zero-order valence-corrected chi connectivity index (χ0v) is 16.0. The summed E-state index contributed by atoms with van der Waals surface area (Å²) in [5.74, 6) is 2.13. The molecule has 0 aromatic heterocycles. The van der Waals surface area contributed by atoms with Gasteiger partial charge in [-0.3, -0.25) is 0 Å². The van der Waals surface area contributed by atoms with Crippen molar-refractivity contribution in [1.82, 2.24) is 5.32 Å². The van der Waals surface area contributed by atoms with Gasteiger partial charge in [0.2, 0.25) is 0 Å². The summed E-state index contributed by atoms with van der Waals surface area (Å²) in [7, 11) is 3.16. The third-order valence-electron chi connectivity index (χ3n) is 5.08. The Hall–Kier alpha value is -3.09. The monoisotopic (exact) mass is 384 g/mol. The van der Waals surface area contributed by atoms with Crippen molar-refractivity contribution in [2.45, 2.75) is 38.0 Å². The van der Waals surface area contributed by atoms with Gasteiger partial charge in [-0.25, -0.2) is 4.79 Å².